The number of carbonyl (C=O) groups is 1. The standard InChI is InChI=1S/C6H9N3O2.ClH.2H2O/c7-5(6(10)11)1-4-2-8-3-9-4;;;/h2-3,5H,1,7H2,(H,8,9)(H,10,11);1H;2*1H2/t5-;;;/m0.../s1. The van der Waals surface area contributed by atoms with Gasteiger partial charge in [-0.15, -0.1) is 12.4 Å². The molecule has 0 fully saturated rings. The van der Waals surface area contributed by atoms with E-state index in [1.807, 2.05) is 0 Å². The SMILES string of the molecule is Cl.N[C@@H](Cc1cnc[nH]1)C(=O)O.O.O. The lowest BCUT2D eigenvalue weighted by molar-refractivity contribution is -0.138. The molecule has 0 radical (unpaired) electrons. The number of nitrogens with zero attached hydrogens (tertiary/aromatic N) is 1. The highest BCUT2D eigenvalue weighted by molar-refractivity contribution is 5.85. The van der Waals surface area contributed by atoms with Crippen LogP contribution in [0, 0.1) is 0 Å². The van der Waals surface area contributed by atoms with Gasteiger partial charge in [0.25, 0.3) is 0 Å². The van der Waals surface area contributed by atoms with Gasteiger partial charge in [-0.2, -0.15) is 0 Å². The van der Waals surface area contributed by atoms with Gasteiger partial charge in [0.1, 0.15) is 6.04 Å². The van der Waals surface area contributed by atoms with Crippen LogP contribution in [0.1, 0.15) is 5.69 Å². The lowest BCUT2D eigenvalue weighted by atomic mass is 10.2. The molecule has 1 heterocycles. The molecule has 1 aromatic heterocycles. The van der Waals surface area contributed by atoms with E-state index in [0.717, 1.165) is 5.69 Å². The number of imidazole rings is 1. The number of H-pyrrole nitrogens is 1. The minimum absolute atomic E-state index is 0. The van der Waals surface area contributed by atoms with E-state index in [1.165, 1.54) is 6.33 Å². The summed E-state index contributed by atoms with van der Waals surface area (Å²) in [4.78, 5) is 16.8. The topological polar surface area (TPSA) is 155 Å². The average Bonchev–Trinajstić information content (AvgIpc) is 2.39. The van der Waals surface area contributed by atoms with E-state index >= 15 is 0 Å². The molecular weight excluding hydrogens is 214 g/mol. The Labute approximate surface area is 86.4 Å². The summed E-state index contributed by atoms with van der Waals surface area (Å²) in [6, 6.07) is -0.851. The maximum Gasteiger partial charge on any atom is 0.320 e. The summed E-state index contributed by atoms with van der Waals surface area (Å²) in [6.07, 6.45) is 3.34. The van der Waals surface area contributed by atoms with Gasteiger partial charge in [-0.05, 0) is 0 Å². The van der Waals surface area contributed by atoms with Crippen LogP contribution in [0.15, 0.2) is 12.5 Å². The normalized spacial score (nSPS) is 10.1. The Morgan fingerprint density at radius 2 is 2.21 bits per heavy atom. The van der Waals surface area contributed by atoms with Gasteiger partial charge in [0.05, 0.1) is 6.33 Å². The molecule has 0 aliphatic rings. The summed E-state index contributed by atoms with van der Waals surface area (Å²) in [5, 5.41) is 8.42. The van der Waals surface area contributed by atoms with Gasteiger partial charge in [-0.1, -0.05) is 0 Å². The molecule has 14 heavy (non-hydrogen) atoms. The van der Waals surface area contributed by atoms with Crippen LogP contribution in [-0.2, 0) is 11.2 Å². The van der Waals surface area contributed by atoms with Gasteiger partial charge >= 0.3 is 5.97 Å². The zero-order chi connectivity index (χ0) is 8.27. The smallest absolute Gasteiger partial charge is 0.320 e. The van der Waals surface area contributed by atoms with Crippen LogP contribution in [0.5, 0.6) is 0 Å². The number of aliphatic carboxylic acids is 1. The van der Waals surface area contributed by atoms with Gasteiger partial charge in [0.2, 0.25) is 0 Å². The lowest BCUT2D eigenvalue weighted by Gasteiger charge is -2.02. The van der Waals surface area contributed by atoms with E-state index in [1.54, 1.807) is 6.20 Å². The fraction of sp³-hybridized carbons (Fsp3) is 0.333. The molecule has 0 amide bonds. The van der Waals surface area contributed by atoms with E-state index < -0.39 is 12.0 Å². The number of aromatic amines is 1. The van der Waals surface area contributed by atoms with Gasteiger partial charge in [0, 0.05) is 18.3 Å². The molecule has 0 saturated heterocycles. The summed E-state index contributed by atoms with van der Waals surface area (Å²) in [5.74, 6) is -1.00. The molecule has 1 rings (SSSR count). The minimum Gasteiger partial charge on any atom is -0.480 e. The largest absolute Gasteiger partial charge is 0.480 e. The lowest BCUT2D eigenvalue weighted by Crippen LogP contribution is -2.32. The average molecular weight is 228 g/mol. The number of carboxylic acids is 1. The minimum atomic E-state index is -1.00. The van der Waals surface area contributed by atoms with E-state index in [2.05, 4.69) is 9.97 Å². The van der Waals surface area contributed by atoms with Crippen molar-refractivity contribution >= 4 is 18.4 Å². The molecule has 0 unspecified atom stereocenters. The quantitative estimate of drug-likeness (QED) is 0.553. The molecule has 8 N–H and O–H groups in total. The first-order chi connectivity index (χ1) is 5.20. The molecule has 8 heteroatoms. The second kappa shape index (κ2) is 8.45. The molecule has 1 atom stereocenters. The molecule has 0 bridgehead atoms. The fourth-order valence-electron chi connectivity index (χ4n) is 0.721. The first kappa shape index (κ1) is 18.6. The fourth-order valence-corrected chi connectivity index (χ4v) is 0.721. The first-order valence-electron chi connectivity index (χ1n) is 3.16. The molecule has 0 aromatic carbocycles. The second-order valence-corrected chi connectivity index (χ2v) is 2.23. The molecule has 1 aromatic rings. The maximum atomic E-state index is 10.3. The number of carboxylic acid groups (broad SMARTS) is 1. The van der Waals surface area contributed by atoms with Crippen molar-refractivity contribution in [3.8, 4) is 0 Å². The van der Waals surface area contributed by atoms with E-state index in [0.29, 0.717) is 0 Å². The van der Waals surface area contributed by atoms with E-state index in [9.17, 15) is 4.79 Å². The zero-order valence-corrected chi connectivity index (χ0v) is 8.04. The van der Waals surface area contributed by atoms with Crippen molar-refractivity contribution in [1.29, 1.82) is 0 Å². The van der Waals surface area contributed by atoms with Crippen molar-refractivity contribution in [2.45, 2.75) is 12.5 Å². The van der Waals surface area contributed by atoms with Crippen molar-refractivity contribution in [3.05, 3.63) is 18.2 Å². The molecule has 84 valence electrons. The Bertz CT molecular complexity index is 241. The van der Waals surface area contributed by atoms with Crippen molar-refractivity contribution in [1.82, 2.24) is 9.97 Å². The number of halogens is 1. The number of hydrogen-bond acceptors (Lipinski definition) is 3. The number of nitrogens with two attached hydrogens (primary N) is 1. The van der Waals surface area contributed by atoms with Crippen molar-refractivity contribution in [2.75, 3.05) is 0 Å². The summed E-state index contributed by atoms with van der Waals surface area (Å²) in [5.41, 5.74) is 6.00. The number of nitrogens with one attached hydrogen (secondary N) is 1. The predicted octanol–water partition coefficient (Wildman–Crippen LogP) is -1.86. The number of hydrogen-bond donors (Lipinski definition) is 3. The van der Waals surface area contributed by atoms with Crippen LogP contribution in [0.3, 0.4) is 0 Å². The maximum absolute atomic E-state index is 10.3. The van der Waals surface area contributed by atoms with Crippen LogP contribution in [-0.4, -0.2) is 38.0 Å². The third-order valence-corrected chi connectivity index (χ3v) is 1.31. The first-order valence-corrected chi connectivity index (χ1v) is 3.16. The third-order valence-electron chi connectivity index (χ3n) is 1.31. The Morgan fingerprint density at radius 1 is 1.64 bits per heavy atom. The highest BCUT2D eigenvalue weighted by Crippen LogP contribution is 1.95. The summed E-state index contributed by atoms with van der Waals surface area (Å²) in [6.45, 7) is 0. The highest BCUT2D eigenvalue weighted by Gasteiger charge is 2.11. The Balaban J connectivity index is -0.000000403. The summed E-state index contributed by atoms with van der Waals surface area (Å²) < 4.78 is 0. The zero-order valence-electron chi connectivity index (χ0n) is 7.23. The van der Waals surface area contributed by atoms with Crippen LogP contribution >= 0.6 is 12.4 Å². The highest BCUT2D eigenvalue weighted by atomic mass is 35.5. The van der Waals surface area contributed by atoms with Crippen molar-refractivity contribution in [3.63, 3.8) is 0 Å². The molecule has 0 aliphatic carbocycles. The van der Waals surface area contributed by atoms with Gasteiger partial charge in [-0.25, -0.2) is 4.98 Å². The molecule has 0 saturated carbocycles. The monoisotopic (exact) mass is 227 g/mol. The summed E-state index contributed by atoms with van der Waals surface area (Å²) in [7, 11) is 0. The summed E-state index contributed by atoms with van der Waals surface area (Å²) >= 11 is 0. The Kier molecular flexibility index (Phi) is 11.2. The van der Waals surface area contributed by atoms with Gasteiger partial charge in [-0.3, -0.25) is 4.79 Å². The van der Waals surface area contributed by atoms with Gasteiger partial charge in [0.15, 0.2) is 0 Å². The molecular formula is C6H14ClN3O4. The Hall–Kier alpha value is -1.15. The van der Waals surface area contributed by atoms with Crippen LogP contribution in [0.25, 0.3) is 0 Å². The van der Waals surface area contributed by atoms with E-state index in [-0.39, 0.29) is 29.8 Å². The van der Waals surface area contributed by atoms with Gasteiger partial charge < -0.3 is 26.8 Å². The van der Waals surface area contributed by atoms with Crippen LogP contribution in [0.4, 0.5) is 0 Å². The Morgan fingerprint density at radius 3 is 2.57 bits per heavy atom. The molecule has 7 nitrogen and oxygen atoms in total. The number of rotatable bonds is 3. The molecule has 0 spiro atoms. The third kappa shape index (κ3) is 5.49. The second-order valence-electron chi connectivity index (χ2n) is 2.23. The van der Waals surface area contributed by atoms with Crippen LogP contribution < -0.4 is 5.73 Å². The number of aromatic nitrogens is 2. The van der Waals surface area contributed by atoms with E-state index in [4.69, 9.17) is 10.8 Å². The van der Waals surface area contributed by atoms with Crippen LogP contribution in [0.2, 0.25) is 0 Å². The predicted molar refractivity (Wildman–Crippen MR) is 52.4 cm³/mol. The van der Waals surface area contributed by atoms with Crippen molar-refractivity contribution in [2.24, 2.45) is 5.73 Å². The van der Waals surface area contributed by atoms with Crippen molar-refractivity contribution < 1.29 is 20.9 Å². The molecule has 0 aliphatic heterocycles.